The highest BCUT2D eigenvalue weighted by Crippen LogP contribution is 2.24. The fourth-order valence-corrected chi connectivity index (χ4v) is 4.56. The Morgan fingerprint density at radius 2 is 1.76 bits per heavy atom. The first-order valence-electron chi connectivity index (χ1n) is 10.8. The predicted molar refractivity (Wildman–Crippen MR) is 140 cm³/mol. The average molecular weight is 522 g/mol. The maximum absolute atomic E-state index is 13.3. The van der Waals surface area contributed by atoms with Crippen LogP contribution < -0.4 is 10.9 Å². The van der Waals surface area contributed by atoms with E-state index in [1.807, 2.05) is 66.7 Å². The summed E-state index contributed by atoms with van der Waals surface area (Å²) in [5.74, 6) is 0.467. The first-order valence-corrected chi connectivity index (χ1v) is 12.5. The number of hydrogen-bond acceptors (Lipinski definition) is 4. The van der Waals surface area contributed by atoms with Crippen molar-refractivity contribution in [1.29, 1.82) is 0 Å². The van der Waals surface area contributed by atoms with Gasteiger partial charge in [0.15, 0.2) is 5.16 Å². The Hall–Kier alpha value is -2.90. The fraction of sp³-hybridized carbons (Fsp3) is 0.192. The molecule has 0 radical (unpaired) electrons. The van der Waals surface area contributed by atoms with Crippen molar-refractivity contribution in [2.24, 2.45) is 0 Å². The zero-order valence-electron chi connectivity index (χ0n) is 18.4. The molecule has 1 N–H and O–H groups in total. The molecule has 0 unspecified atom stereocenters. The number of rotatable bonds is 7. The van der Waals surface area contributed by atoms with Gasteiger partial charge < -0.3 is 5.32 Å². The Kier molecular flexibility index (Phi) is 7.30. The summed E-state index contributed by atoms with van der Waals surface area (Å²) >= 11 is 4.67. The second kappa shape index (κ2) is 10.4. The van der Waals surface area contributed by atoms with Crippen molar-refractivity contribution in [2.45, 2.75) is 31.3 Å². The number of halogens is 1. The summed E-state index contributed by atoms with van der Waals surface area (Å²) < 4.78 is 2.48. The molecule has 7 heteroatoms. The molecule has 1 amide bonds. The molecule has 0 aliphatic heterocycles. The Balaban J connectivity index is 1.57. The number of amides is 1. The minimum atomic E-state index is -0.161. The molecule has 4 aromatic rings. The van der Waals surface area contributed by atoms with Gasteiger partial charge in [-0.25, -0.2) is 4.98 Å². The molecule has 1 aromatic heterocycles. The number of carbonyl (C=O) groups is 1. The van der Waals surface area contributed by atoms with Gasteiger partial charge in [0.25, 0.3) is 5.56 Å². The van der Waals surface area contributed by atoms with Crippen LogP contribution in [0.15, 0.2) is 87.2 Å². The van der Waals surface area contributed by atoms with Crippen LogP contribution in [0.2, 0.25) is 0 Å². The van der Waals surface area contributed by atoms with Crippen LogP contribution in [0.25, 0.3) is 16.6 Å². The highest BCUT2D eigenvalue weighted by Gasteiger charge is 2.15. The third-order valence-electron chi connectivity index (χ3n) is 5.54. The van der Waals surface area contributed by atoms with Crippen LogP contribution in [0.5, 0.6) is 0 Å². The van der Waals surface area contributed by atoms with Crippen molar-refractivity contribution in [3.63, 3.8) is 0 Å². The monoisotopic (exact) mass is 521 g/mol. The van der Waals surface area contributed by atoms with Crippen molar-refractivity contribution < 1.29 is 4.79 Å². The van der Waals surface area contributed by atoms with Crippen LogP contribution in [0.3, 0.4) is 0 Å². The van der Waals surface area contributed by atoms with Crippen LogP contribution in [0.4, 0.5) is 5.69 Å². The van der Waals surface area contributed by atoms with E-state index in [0.29, 0.717) is 27.7 Å². The average Bonchev–Trinajstić information content (AvgIpc) is 2.83. The number of nitrogens with zero attached hydrogens (tertiary/aromatic N) is 2. The van der Waals surface area contributed by atoms with Crippen LogP contribution in [-0.2, 0) is 4.79 Å². The smallest absolute Gasteiger partial charge is 0.266 e. The van der Waals surface area contributed by atoms with E-state index >= 15 is 0 Å². The number of fused-ring (bicyclic) bond motifs is 1. The van der Waals surface area contributed by atoms with Crippen LogP contribution in [0, 0.1) is 0 Å². The van der Waals surface area contributed by atoms with E-state index in [4.69, 9.17) is 0 Å². The van der Waals surface area contributed by atoms with Gasteiger partial charge >= 0.3 is 0 Å². The molecule has 4 rings (SSSR count). The van der Waals surface area contributed by atoms with Gasteiger partial charge in [0.2, 0.25) is 5.91 Å². The second-order valence-corrected chi connectivity index (χ2v) is 9.65. The van der Waals surface area contributed by atoms with Gasteiger partial charge in [-0.3, -0.25) is 14.2 Å². The Bertz CT molecular complexity index is 1330. The number of nitrogens with one attached hydrogen (secondary N) is 1. The summed E-state index contributed by atoms with van der Waals surface area (Å²) in [7, 11) is 0. The van der Waals surface area contributed by atoms with Gasteiger partial charge in [-0.1, -0.05) is 65.8 Å². The third kappa shape index (κ3) is 5.37. The van der Waals surface area contributed by atoms with Gasteiger partial charge in [-0.2, -0.15) is 0 Å². The number of benzene rings is 3. The lowest BCUT2D eigenvalue weighted by Crippen LogP contribution is -2.23. The fourth-order valence-electron chi connectivity index (χ4n) is 3.48. The number of anilines is 1. The molecule has 3 aromatic carbocycles. The quantitative estimate of drug-likeness (QED) is 0.226. The molecule has 0 saturated heterocycles. The van der Waals surface area contributed by atoms with Crippen LogP contribution >= 0.6 is 27.7 Å². The van der Waals surface area contributed by atoms with E-state index in [9.17, 15) is 9.59 Å². The summed E-state index contributed by atoms with van der Waals surface area (Å²) in [6, 6.07) is 22.7. The van der Waals surface area contributed by atoms with Crippen molar-refractivity contribution in [1.82, 2.24) is 9.55 Å². The third-order valence-corrected chi connectivity index (χ3v) is 7.01. The van der Waals surface area contributed by atoms with E-state index in [0.717, 1.165) is 16.6 Å². The molecule has 168 valence electrons. The highest BCUT2D eigenvalue weighted by atomic mass is 79.9. The lowest BCUT2D eigenvalue weighted by molar-refractivity contribution is -0.113. The van der Waals surface area contributed by atoms with E-state index in [2.05, 4.69) is 40.1 Å². The maximum atomic E-state index is 13.3. The summed E-state index contributed by atoms with van der Waals surface area (Å²) in [5, 5.41) is 3.95. The van der Waals surface area contributed by atoms with Crippen molar-refractivity contribution in [3.05, 3.63) is 93.2 Å². The second-order valence-electron chi connectivity index (χ2n) is 7.80. The SMILES string of the molecule is CC[C@H](C)c1ccc(NC(=O)CSc2nc3ccccc3c(=O)n2-c2ccc(Br)cc2)cc1. The van der Waals surface area contributed by atoms with Crippen molar-refractivity contribution in [2.75, 3.05) is 11.1 Å². The summed E-state index contributed by atoms with van der Waals surface area (Å²) in [6.45, 7) is 4.35. The van der Waals surface area contributed by atoms with E-state index in [1.54, 1.807) is 10.6 Å². The predicted octanol–water partition coefficient (Wildman–Crippen LogP) is 6.39. The minimum Gasteiger partial charge on any atom is -0.325 e. The standard InChI is InChI=1S/C26H24BrN3O2S/c1-3-17(2)18-8-12-20(13-9-18)28-24(31)16-33-26-29-23-7-5-4-6-22(23)25(32)30(26)21-14-10-19(27)11-15-21/h4-15,17H,3,16H2,1-2H3,(H,28,31)/t17-/m0/s1. The largest absolute Gasteiger partial charge is 0.325 e. The Morgan fingerprint density at radius 1 is 1.06 bits per heavy atom. The van der Waals surface area contributed by atoms with Gasteiger partial charge in [-0.05, 0) is 66.4 Å². The van der Waals surface area contributed by atoms with Crippen LogP contribution in [0.1, 0.15) is 31.7 Å². The van der Waals surface area contributed by atoms with Gasteiger partial charge in [0.1, 0.15) is 0 Å². The van der Waals surface area contributed by atoms with E-state index < -0.39 is 0 Å². The van der Waals surface area contributed by atoms with Crippen LogP contribution in [-0.4, -0.2) is 21.2 Å². The number of aromatic nitrogens is 2. The Morgan fingerprint density at radius 3 is 2.45 bits per heavy atom. The Labute approximate surface area is 205 Å². The number of carbonyl (C=O) groups excluding carboxylic acids is 1. The van der Waals surface area contributed by atoms with E-state index in [-0.39, 0.29) is 17.2 Å². The molecule has 0 spiro atoms. The summed E-state index contributed by atoms with van der Waals surface area (Å²) in [4.78, 5) is 30.6. The maximum Gasteiger partial charge on any atom is 0.266 e. The molecule has 0 aliphatic rings. The van der Waals surface area contributed by atoms with Crippen molar-refractivity contribution >= 4 is 50.2 Å². The number of hydrogen-bond donors (Lipinski definition) is 1. The first-order chi connectivity index (χ1) is 16.0. The van der Waals surface area contributed by atoms with Gasteiger partial charge in [-0.15, -0.1) is 0 Å². The summed E-state index contributed by atoms with van der Waals surface area (Å²) in [5.41, 5.74) is 3.16. The lowest BCUT2D eigenvalue weighted by Gasteiger charge is -2.14. The van der Waals surface area contributed by atoms with Gasteiger partial charge in [0, 0.05) is 10.2 Å². The first kappa shape index (κ1) is 23.3. The minimum absolute atomic E-state index is 0.133. The molecule has 1 heterocycles. The molecular formula is C26H24BrN3O2S. The topological polar surface area (TPSA) is 64.0 Å². The van der Waals surface area contributed by atoms with Crippen molar-refractivity contribution in [3.8, 4) is 5.69 Å². The number of thioether (sulfide) groups is 1. The molecule has 0 fully saturated rings. The van der Waals surface area contributed by atoms with E-state index in [1.165, 1.54) is 17.3 Å². The molecule has 0 saturated carbocycles. The normalized spacial score (nSPS) is 12.0. The molecule has 1 atom stereocenters. The molecular weight excluding hydrogens is 498 g/mol. The number of para-hydroxylation sites is 1. The zero-order valence-corrected chi connectivity index (χ0v) is 20.8. The highest BCUT2D eigenvalue weighted by molar-refractivity contribution is 9.10. The molecule has 5 nitrogen and oxygen atoms in total. The molecule has 0 bridgehead atoms. The summed E-state index contributed by atoms with van der Waals surface area (Å²) in [6.07, 6.45) is 1.07. The zero-order chi connectivity index (χ0) is 23.4. The lowest BCUT2D eigenvalue weighted by atomic mass is 9.99. The van der Waals surface area contributed by atoms with Gasteiger partial charge in [0.05, 0.1) is 22.3 Å². The molecule has 33 heavy (non-hydrogen) atoms. The molecule has 0 aliphatic carbocycles.